The van der Waals surface area contributed by atoms with E-state index in [1.165, 1.54) is 17.7 Å². The van der Waals surface area contributed by atoms with Crippen LogP contribution in [0.1, 0.15) is 20.8 Å². The van der Waals surface area contributed by atoms with Crippen LogP contribution in [0.3, 0.4) is 0 Å². The monoisotopic (exact) mass is 434 g/mol. The molecule has 0 saturated carbocycles. The maximum absolute atomic E-state index is 12.9. The van der Waals surface area contributed by atoms with Crippen LogP contribution in [0.5, 0.6) is 0 Å². The quantitative estimate of drug-likeness (QED) is 0.505. The predicted octanol–water partition coefficient (Wildman–Crippen LogP) is 6.16. The van der Waals surface area contributed by atoms with E-state index >= 15 is 0 Å². The molecule has 0 radical (unpaired) electrons. The van der Waals surface area contributed by atoms with Gasteiger partial charge in [-0.05, 0) is 35.4 Å². The maximum atomic E-state index is 12.9. The highest BCUT2D eigenvalue weighted by Crippen LogP contribution is 2.42. The zero-order valence-electron chi connectivity index (χ0n) is 9.29. The Morgan fingerprint density at radius 2 is 1.11 bits per heavy atom. The first-order chi connectivity index (χ1) is 8.58. The van der Waals surface area contributed by atoms with Gasteiger partial charge in [0.1, 0.15) is 5.82 Å². The molecule has 0 aromatic heterocycles. The number of alkyl halides is 2. The fraction of sp³-hybridized carbons (Fsp3) is 0.143. The van der Waals surface area contributed by atoms with Crippen molar-refractivity contribution in [2.45, 2.75) is 9.65 Å². The van der Waals surface area contributed by atoms with Gasteiger partial charge in [0.2, 0.25) is 0 Å². The second-order valence-corrected chi connectivity index (χ2v) is 6.80. The molecule has 2 atom stereocenters. The molecule has 0 saturated heterocycles. The molecule has 0 aliphatic rings. The third-order valence-corrected chi connectivity index (χ3v) is 5.99. The van der Waals surface area contributed by atoms with Crippen LogP contribution in [0.4, 0.5) is 4.39 Å². The topological polar surface area (TPSA) is 0 Å². The first-order valence-corrected chi connectivity index (χ1v) is 7.99. The molecule has 2 rings (SSSR count). The highest BCUT2D eigenvalue weighted by atomic mass is 79.9. The van der Waals surface area contributed by atoms with Crippen LogP contribution >= 0.6 is 47.8 Å². The normalized spacial score (nSPS) is 14.2. The summed E-state index contributed by atoms with van der Waals surface area (Å²) in [6.07, 6.45) is 0. The molecule has 0 N–H and O–H groups in total. The minimum Gasteiger partial charge on any atom is -0.207 e. The molecule has 94 valence electrons. The lowest BCUT2D eigenvalue weighted by atomic mass is 10.0. The molecule has 0 spiro atoms. The van der Waals surface area contributed by atoms with Crippen LogP contribution in [0.25, 0.3) is 0 Å². The molecule has 0 heterocycles. The summed E-state index contributed by atoms with van der Waals surface area (Å²) in [5.41, 5.74) is 2.21. The number of benzene rings is 2. The van der Waals surface area contributed by atoms with Crippen molar-refractivity contribution in [2.24, 2.45) is 0 Å². The van der Waals surface area contributed by atoms with Crippen molar-refractivity contribution in [3.05, 3.63) is 69.9 Å². The van der Waals surface area contributed by atoms with Crippen molar-refractivity contribution in [2.75, 3.05) is 0 Å². The zero-order chi connectivity index (χ0) is 13.1. The summed E-state index contributed by atoms with van der Waals surface area (Å²) in [5.74, 6) is -0.215. The second-order valence-electron chi connectivity index (χ2n) is 3.91. The number of hydrogen-bond donors (Lipinski definition) is 0. The molecule has 2 aromatic rings. The van der Waals surface area contributed by atoms with Crippen LogP contribution in [0.2, 0.25) is 0 Å². The molecule has 0 fully saturated rings. The van der Waals surface area contributed by atoms with Crippen molar-refractivity contribution in [1.29, 1.82) is 0 Å². The fourth-order valence-corrected chi connectivity index (χ4v) is 3.12. The van der Waals surface area contributed by atoms with Gasteiger partial charge in [-0.15, -0.1) is 0 Å². The van der Waals surface area contributed by atoms with Crippen molar-refractivity contribution < 1.29 is 4.39 Å². The third-order valence-electron chi connectivity index (χ3n) is 2.63. The number of halogens is 4. The van der Waals surface area contributed by atoms with Crippen molar-refractivity contribution in [1.82, 2.24) is 0 Å². The van der Waals surface area contributed by atoms with E-state index in [-0.39, 0.29) is 15.5 Å². The lowest BCUT2D eigenvalue weighted by Crippen LogP contribution is -1.99. The second kappa shape index (κ2) is 6.31. The van der Waals surface area contributed by atoms with Gasteiger partial charge in [-0.25, -0.2) is 4.39 Å². The van der Waals surface area contributed by atoms with E-state index in [4.69, 9.17) is 0 Å². The molecule has 0 unspecified atom stereocenters. The SMILES string of the molecule is Fc1ccc([C@@H](Br)[C@H](Br)c2ccc(Br)cc2)cc1. The van der Waals surface area contributed by atoms with Crippen molar-refractivity contribution >= 4 is 47.8 Å². The maximum Gasteiger partial charge on any atom is 0.123 e. The molecule has 0 aliphatic carbocycles. The summed E-state index contributed by atoms with van der Waals surface area (Å²) in [5, 5.41) is 0. The van der Waals surface area contributed by atoms with Gasteiger partial charge in [0, 0.05) is 4.47 Å². The van der Waals surface area contributed by atoms with Gasteiger partial charge in [-0.2, -0.15) is 0 Å². The Morgan fingerprint density at radius 3 is 1.56 bits per heavy atom. The number of rotatable bonds is 3. The van der Waals surface area contributed by atoms with Crippen LogP contribution < -0.4 is 0 Å². The highest BCUT2D eigenvalue weighted by molar-refractivity contribution is 9.12. The van der Waals surface area contributed by atoms with E-state index in [1.807, 2.05) is 12.1 Å². The van der Waals surface area contributed by atoms with Gasteiger partial charge in [-0.3, -0.25) is 0 Å². The molecule has 18 heavy (non-hydrogen) atoms. The molecule has 4 heteroatoms. The molecular weight excluding hydrogens is 427 g/mol. The van der Waals surface area contributed by atoms with Gasteiger partial charge in [-0.1, -0.05) is 72.1 Å². The average Bonchev–Trinajstić information content (AvgIpc) is 2.39. The van der Waals surface area contributed by atoms with Crippen molar-refractivity contribution in [3.63, 3.8) is 0 Å². The van der Waals surface area contributed by atoms with E-state index in [1.54, 1.807) is 12.1 Å². The first-order valence-electron chi connectivity index (χ1n) is 5.37. The first kappa shape index (κ1) is 14.2. The summed E-state index contributed by atoms with van der Waals surface area (Å²) in [6.45, 7) is 0. The standard InChI is InChI=1S/C14H10Br3F/c15-11-5-1-9(2-6-11)13(16)14(17)10-3-7-12(18)8-4-10/h1-8,13-14H/t13-,14-/m1/s1. The lowest BCUT2D eigenvalue weighted by Gasteiger charge is -2.17. The highest BCUT2D eigenvalue weighted by Gasteiger charge is 2.19. The minimum atomic E-state index is -0.215. The summed E-state index contributed by atoms with van der Waals surface area (Å²) in [7, 11) is 0. The Kier molecular flexibility index (Phi) is 4.98. The Hall–Kier alpha value is -0.190. The number of hydrogen-bond acceptors (Lipinski definition) is 0. The Labute approximate surface area is 131 Å². The van der Waals surface area contributed by atoms with Gasteiger partial charge in [0.05, 0.1) is 9.65 Å². The van der Waals surface area contributed by atoms with Crippen LogP contribution in [0.15, 0.2) is 53.0 Å². The smallest absolute Gasteiger partial charge is 0.123 e. The largest absolute Gasteiger partial charge is 0.207 e. The van der Waals surface area contributed by atoms with E-state index in [9.17, 15) is 4.39 Å². The van der Waals surface area contributed by atoms with Crippen LogP contribution in [-0.4, -0.2) is 0 Å². The Balaban J connectivity index is 2.20. The molecule has 0 nitrogen and oxygen atoms in total. The van der Waals surface area contributed by atoms with Crippen molar-refractivity contribution in [3.8, 4) is 0 Å². The zero-order valence-corrected chi connectivity index (χ0v) is 14.0. The third kappa shape index (κ3) is 3.43. The molecule has 0 amide bonds. The van der Waals surface area contributed by atoms with E-state index in [2.05, 4.69) is 59.9 Å². The van der Waals surface area contributed by atoms with E-state index < -0.39 is 0 Å². The molecule has 2 aromatic carbocycles. The Morgan fingerprint density at radius 1 is 0.722 bits per heavy atom. The predicted molar refractivity (Wildman–Crippen MR) is 83.9 cm³/mol. The molecule has 0 aliphatic heterocycles. The van der Waals surface area contributed by atoms with Gasteiger partial charge in [0.25, 0.3) is 0 Å². The fourth-order valence-electron chi connectivity index (χ4n) is 1.63. The van der Waals surface area contributed by atoms with E-state index in [0.29, 0.717) is 0 Å². The van der Waals surface area contributed by atoms with Gasteiger partial charge >= 0.3 is 0 Å². The van der Waals surface area contributed by atoms with E-state index in [0.717, 1.165) is 10.0 Å². The van der Waals surface area contributed by atoms with Crippen LogP contribution in [0, 0.1) is 5.82 Å². The van der Waals surface area contributed by atoms with Crippen LogP contribution in [-0.2, 0) is 0 Å². The lowest BCUT2D eigenvalue weighted by molar-refractivity contribution is 0.627. The Bertz CT molecular complexity index is 458. The summed E-state index contributed by atoms with van der Waals surface area (Å²) < 4.78 is 13.9. The molecule has 0 bridgehead atoms. The summed E-state index contributed by atoms with van der Waals surface area (Å²) in [6, 6.07) is 14.7. The van der Waals surface area contributed by atoms with Gasteiger partial charge < -0.3 is 0 Å². The summed E-state index contributed by atoms with van der Waals surface area (Å²) in [4.78, 5) is 0.232. The summed E-state index contributed by atoms with van der Waals surface area (Å²) >= 11 is 10.7. The minimum absolute atomic E-state index is 0.0966. The van der Waals surface area contributed by atoms with Gasteiger partial charge in [0.15, 0.2) is 0 Å². The average molecular weight is 437 g/mol. The molecular formula is C14H10Br3F.